The SMILES string of the molecule is NC(N)=NCCOc1ccccc1-c1ccccc1. The first-order valence-electron chi connectivity index (χ1n) is 6.10. The molecule has 0 spiro atoms. The third-order valence-electron chi connectivity index (χ3n) is 2.62. The quantitative estimate of drug-likeness (QED) is 0.487. The first kappa shape index (κ1) is 13.0. The minimum atomic E-state index is 0.0833. The van der Waals surface area contributed by atoms with Gasteiger partial charge >= 0.3 is 0 Å². The Morgan fingerprint density at radius 1 is 0.947 bits per heavy atom. The third kappa shape index (κ3) is 3.74. The number of para-hydroxylation sites is 1. The Bertz CT molecular complexity index is 548. The van der Waals surface area contributed by atoms with Crippen LogP contribution in [0.4, 0.5) is 0 Å². The van der Waals surface area contributed by atoms with Gasteiger partial charge in [0.15, 0.2) is 5.96 Å². The molecular formula is C15H17N3O. The van der Waals surface area contributed by atoms with E-state index in [2.05, 4.69) is 17.1 Å². The molecule has 0 unspecified atom stereocenters. The van der Waals surface area contributed by atoms with E-state index in [4.69, 9.17) is 16.2 Å². The van der Waals surface area contributed by atoms with Crippen molar-refractivity contribution in [3.63, 3.8) is 0 Å². The lowest BCUT2D eigenvalue weighted by atomic mass is 10.1. The molecule has 0 fully saturated rings. The number of benzene rings is 2. The number of hydrogen-bond donors (Lipinski definition) is 2. The lowest BCUT2D eigenvalue weighted by molar-refractivity contribution is 0.330. The normalized spacial score (nSPS) is 9.89. The van der Waals surface area contributed by atoms with Gasteiger partial charge in [-0.15, -0.1) is 0 Å². The Kier molecular flexibility index (Phi) is 4.39. The molecule has 4 N–H and O–H groups in total. The predicted molar refractivity (Wildman–Crippen MR) is 78.0 cm³/mol. The van der Waals surface area contributed by atoms with E-state index in [-0.39, 0.29) is 5.96 Å². The predicted octanol–water partition coefficient (Wildman–Crippen LogP) is 2.01. The Morgan fingerprint density at radius 3 is 2.37 bits per heavy atom. The number of guanidine groups is 1. The van der Waals surface area contributed by atoms with Crippen LogP contribution in [0.3, 0.4) is 0 Å². The minimum absolute atomic E-state index is 0.0833. The second-order valence-electron chi connectivity index (χ2n) is 4.02. The van der Waals surface area contributed by atoms with Gasteiger partial charge in [-0.3, -0.25) is 4.99 Å². The van der Waals surface area contributed by atoms with Crippen molar-refractivity contribution in [2.24, 2.45) is 16.5 Å². The van der Waals surface area contributed by atoms with Crippen LogP contribution in [-0.4, -0.2) is 19.1 Å². The standard InChI is InChI=1S/C15H17N3O/c16-15(17)18-10-11-19-14-9-5-4-8-13(14)12-6-2-1-3-7-12/h1-9H,10-11H2,(H4,16,17,18). The van der Waals surface area contributed by atoms with Crippen molar-refractivity contribution in [3.05, 3.63) is 54.6 Å². The van der Waals surface area contributed by atoms with Crippen LogP contribution < -0.4 is 16.2 Å². The second kappa shape index (κ2) is 6.44. The largest absolute Gasteiger partial charge is 0.491 e. The van der Waals surface area contributed by atoms with E-state index in [1.807, 2.05) is 42.5 Å². The number of nitrogens with zero attached hydrogens (tertiary/aromatic N) is 1. The van der Waals surface area contributed by atoms with Crippen molar-refractivity contribution in [3.8, 4) is 16.9 Å². The van der Waals surface area contributed by atoms with Gasteiger partial charge in [0.05, 0.1) is 6.54 Å². The molecule has 2 aromatic rings. The maximum atomic E-state index is 5.72. The average Bonchev–Trinajstić information content (AvgIpc) is 2.45. The van der Waals surface area contributed by atoms with Crippen molar-refractivity contribution in [2.75, 3.05) is 13.2 Å². The number of aliphatic imine (C=N–C) groups is 1. The molecule has 98 valence electrons. The highest BCUT2D eigenvalue weighted by Gasteiger charge is 2.04. The second-order valence-corrected chi connectivity index (χ2v) is 4.02. The van der Waals surface area contributed by atoms with Gasteiger partial charge in [0.25, 0.3) is 0 Å². The summed E-state index contributed by atoms with van der Waals surface area (Å²) in [6.45, 7) is 0.896. The maximum Gasteiger partial charge on any atom is 0.186 e. The van der Waals surface area contributed by atoms with E-state index in [0.29, 0.717) is 13.2 Å². The summed E-state index contributed by atoms with van der Waals surface area (Å²) in [7, 11) is 0. The number of hydrogen-bond acceptors (Lipinski definition) is 2. The van der Waals surface area contributed by atoms with Gasteiger partial charge in [0, 0.05) is 5.56 Å². The molecule has 0 aromatic heterocycles. The zero-order chi connectivity index (χ0) is 13.5. The highest BCUT2D eigenvalue weighted by molar-refractivity contribution is 5.75. The number of nitrogens with two attached hydrogens (primary N) is 2. The van der Waals surface area contributed by atoms with Gasteiger partial charge < -0.3 is 16.2 Å². The zero-order valence-electron chi connectivity index (χ0n) is 10.6. The van der Waals surface area contributed by atoms with Crippen LogP contribution >= 0.6 is 0 Å². The summed E-state index contributed by atoms with van der Waals surface area (Å²) in [4.78, 5) is 3.89. The topological polar surface area (TPSA) is 73.6 Å². The van der Waals surface area contributed by atoms with Gasteiger partial charge in [0.1, 0.15) is 12.4 Å². The fraction of sp³-hybridized carbons (Fsp3) is 0.133. The lowest BCUT2D eigenvalue weighted by Crippen LogP contribution is -2.23. The molecule has 0 radical (unpaired) electrons. The molecule has 0 aliphatic rings. The molecule has 0 aliphatic carbocycles. The molecule has 2 aromatic carbocycles. The van der Waals surface area contributed by atoms with Crippen molar-refractivity contribution < 1.29 is 4.74 Å². The fourth-order valence-electron chi connectivity index (χ4n) is 1.78. The van der Waals surface area contributed by atoms with Crippen LogP contribution in [0.5, 0.6) is 5.75 Å². The summed E-state index contributed by atoms with van der Waals surface area (Å²) in [5.41, 5.74) is 12.7. The Labute approximate surface area is 112 Å². The Balaban J connectivity index is 2.11. The van der Waals surface area contributed by atoms with Gasteiger partial charge in [0.2, 0.25) is 0 Å². The highest BCUT2D eigenvalue weighted by atomic mass is 16.5. The summed E-state index contributed by atoms with van der Waals surface area (Å²) in [5, 5.41) is 0. The monoisotopic (exact) mass is 255 g/mol. The average molecular weight is 255 g/mol. The summed E-state index contributed by atoms with van der Waals surface area (Å²) < 4.78 is 5.72. The van der Waals surface area contributed by atoms with Crippen molar-refractivity contribution in [1.29, 1.82) is 0 Å². The van der Waals surface area contributed by atoms with Crippen LogP contribution in [0.25, 0.3) is 11.1 Å². The molecule has 0 amide bonds. The van der Waals surface area contributed by atoms with E-state index < -0.39 is 0 Å². The van der Waals surface area contributed by atoms with Crippen LogP contribution in [0, 0.1) is 0 Å². The Morgan fingerprint density at radius 2 is 1.63 bits per heavy atom. The van der Waals surface area contributed by atoms with Crippen LogP contribution in [0.15, 0.2) is 59.6 Å². The smallest absolute Gasteiger partial charge is 0.186 e. The van der Waals surface area contributed by atoms with E-state index in [1.165, 1.54) is 0 Å². The van der Waals surface area contributed by atoms with Crippen molar-refractivity contribution in [2.45, 2.75) is 0 Å². The molecule has 0 saturated heterocycles. The first-order valence-corrected chi connectivity index (χ1v) is 6.10. The molecule has 0 bridgehead atoms. The number of rotatable bonds is 5. The zero-order valence-corrected chi connectivity index (χ0v) is 10.6. The summed E-state index contributed by atoms with van der Waals surface area (Å²) in [6.07, 6.45) is 0. The van der Waals surface area contributed by atoms with Crippen molar-refractivity contribution >= 4 is 5.96 Å². The molecule has 0 heterocycles. The van der Waals surface area contributed by atoms with Gasteiger partial charge in [-0.1, -0.05) is 48.5 Å². The summed E-state index contributed by atoms with van der Waals surface area (Å²) >= 11 is 0. The molecular weight excluding hydrogens is 238 g/mol. The van der Waals surface area contributed by atoms with Gasteiger partial charge in [-0.05, 0) is 11.6 Å². The number of ether oxygens (including phenoxy) is 1. The highest BCUT2D eigenvalue weighted by Crippen LogP contribution is 2.29. The molecule has 0 saturated carbocycles. The fourth-order valence-corrected chi connectivity index (χ4v) is 1.78. The van der Waals surface area contributed by atoms with Gasteiger partial charge in [-0.2, -0.15) is 0 Å². The maximum absolute atomic E-state index is 5.72. The minimum Gasteiger partial charge on any atom is -0.491 e. The van der Waals surface area contributed by atoms with Crippen molar-refractivity contribution in [1.82, 2.24) is 0 Å². The van der Waals surface area contributed by atoms with Gasteiger partial charge in [-0.25, -0.2) is 0 Å². The molecule has 4 heteroatoms. The van der Waals surface area contributed by atoms with Crippen LogP contribution in [-0.2, 0) is 0 Å². The molecule has 0 atom stereocenters. The van der Waals surface area contributed by atoms with E-state index in [0.717, 1.165) is 16.9 Å². The molecule has 4 nitrogen and oxygen atoms in total. The summed E-state index contributed by atoms with van der Waals surface area (Å²) in [5.74, 6) is 0.916. The lowest BCUT2D eigenvalue weighted by Gasteiger charge is -2.10. The van der Waals surface area contributed by atoms with E-state index >= 15 is 0 Å². The molecule has 0 aliphatic heterocycles. The molecule has 2 rings (SSSR count). The Hall–Kier alpha value is -2.49. The third-order valence-corrected chi connectivity index (χ3v) is 2.62. The van der Waals surface area contributed by atoms with Crippen LogP contribution in [0.2, 0.25) is 0 Å². The van der Waals surface area contributed by atoms with E-state index in [1.54, 1.807) is 0 Å². The van der Waals surface area contributed by atoms with Crippen LogP contribution in [0.1, 0.15) is 0 Å². The first-order chi connectivity index (χ1) is 9.27. The van der Waals surface area contributed by atoms with E-state index in [9.17, 15) is 0 Å². The summed E-state index contributed by atoms with van der Waals surface area (Å²) in [6, 6.07) is 18.0. The molecule has 19 heavy (non-hydrogen) atoms.